The maximum Gasteiger partial charge on any atom is 0.338 e. The highest BCUT2D eigenvalue weighted by Gasteiger charge is 2.12. The van der Waals surface area contributed by atoms with Gasteiger partial charge in [-0.1, -0.05) is 6.07 Å². The van der Waals surface area contributed by atoms with Crippen LogP contribution < -0.4 is 0 Å². The summed E-state index contributed by atoms with van der Waals surface area (Å²) in [6.45, 7) is 1.72. The first kappa shape index (κ1) is 10.2. The number of hydrogen-bond donors (Lipinski definition) is 1. The molecule has 0 bridgehead atoms. The summed E-state index contributed by atoms with van der Waals surface area (Å²) in [5, 5.41) is 8.70. The van der Waals surface area contributed by atoms with Crippen molar-refractivity contribution in [1.29, 1.82) is 0 Å². The summed E-state index contributed by atoms with van der Waals surface area (Å²) < 4.78 is 4.52. The lowest BCUT2D eigenvalue weighted by atomic mass is 10.1. The van der Waals surface area contributed by atoms with Crippen molar-refractivity contribution in [2.75, 3.05) is 7.11 Å². The SMILES string of the molecule is COC(=O)c1cc(C(=O)O)ccc1C. The first-order valence-corrected chi connectivity index (χ1v) is 3.98. The summed E-state index contributed by atoms with van der Waals surface area (Å²) in [6, 6.07) is 4.34. The first-order valence-electron chi connectivity index (χ1n) is 3.98. The summed E-state index contributed by atoms with van der Waals surface area (Å²) in [6.07, 6.45) is 0. The topological polar surface area (TPSA) is 63.6 Å². The predicted molar refractivity (Wildman–Crippen MR) is 49.5 cm³/mol. The molecule has 0 radical (unpaired) electrons. The summed E-state index contributed by atoms with van der Waals surface area (Å²) in [5.41, 5.74) is 1.06. The van der Waals surface area contributed by atoms with E-state index >= 15 is 0 Å². The van der Waals surface area contributed by atoms with Crippen LogP contribution in [0.3, 0.4) is 0 Å². The number of esters is 1. The molecule has 0 spiro atoms. The van der Waals surface area contributed by atoms with Gasteiger partial charge in [0, 0.05) is 0 Å². The Morgan fingerprint density at radius 2 is 2.00 bits per heavy atom. The molecule has 0 saturated carbocycles. The Balaban J connectivity index is 3.21. The van der Waals surface area contributed by atoms with Gasteiger partial charge < -0.3 is 9.84 Å². The number of aromatic carboxylic acids is 1. The van der Waals surface area contributed by atoms with Gasteiger partial charge in [0.2, 0.25) is 0 Å². The van der Waals surface area contributed by atoms with Crippen LogP contribution in [0.25, 0.3) is 0 Å². The number of rotatable bonds is 2. The van der Waals surface area contributed by atoms with Gasteiger partial charge in [-0.15, -0.1) is 0 Å². The fraction of sp³-hybridized carbons (Fsp3) is 0.200. The Morgan fingerprint density at radius 3 is 2.50 bits per heavy atom. The Labute approximate surface area is 81.1 Å². The monoisotopic (exact) mass is 194 g/mol. The first-order chi connectivity index (χ1) is 6.56. The van der Waals surface area contributed by atoms with Crippen molar-refractivity contribution in [1.82, 2.24) is 0 Å². The molecule has 1 aromatic rings. The Bertz CT molecular complexity index is 382. The number of hydrogen-bond acceptors (Lipinski definition) is 3. The number of carbonyl (C=O) groups is 2. The molecule has 0 aliphatic rings. The average Bonchev–Trinajstić information content (AvgIpc) is 2.17. The van der Waals surface area contributed by atoms with Crippen molar-refractivity contribution in [2.45, 2.75) is 6.92 Å². The second kappa shape index (κ2) is 3.91. The van der Waals surface area contributed by atoms with Crippen molar-refractivity contribution >= 4 is 11.9 Å². The highest BCUT2D eigenvalue weighted by atomic mass is 16.5. The van der Waals surface area contributed by atoms with Gasteiger partial charge >= 0.3 is 11.9 Å². The third-order valence-electron chi connectivity index (χ3n) is 1.89. The van der Waals surface area contributed by atoms with E-state index in [0.717, 1.165) is 0 Å². The lowest BCUT2D eigenvalue weighted by Gasteiger charge is -2.04. The Hall–Kier alpha value is -1.84. The zero-order valence-corrected chi connectivity index (χ0v) is 7.90. The van der Waals surface area contributed by atoms with E-state index in [1.54, 1.807) is 13.0 Å². The molecule has 0 aliphatic carbocycles. The largest absolute Gasteiger partial charge is 0.478 e. The van der Waals surface area contributed by atoms with Gasteiger partial charge in [-0.2, -0.15) is 0 Å². The van der Waals surface area contributed by atoms with E-state index in [2.05, 4.69) is 4.74 Å². The zero-order valence-electron chi connectivity index (χ0n) is 7.90. The number of carboxylic acid groups (broad SMARTS) is 1. The fourth-order valence-electron chi connectivity index (χ4n) is 1.08. The Morgan fingerprint density at radius 1 is 1.36 bits per heavy atom. The number of carbonyl (C=O) groups excluding carboxylic acids is 1. The average molecular weight is 194 g/mol. The van der Waals surface area contributed by atoms with Crippen molar-refractivity contribution in [2.24, 2.45) is 0 Å². The van der Waals surface area contributed by atoms with E-state index < -0.39 is 11.9 Å². The molecule has 0 heterocycles. The van der Waals surface area contributed by atoms with Crippen LogP contribution in [0.1, 0.15) is 26.3 Å². The zero-order chi connectivity index (χ0) is 10.7. The second-order valence-electron chi connectivity index (χ2n) is 2.83. The summed E-state index contributed by atoms with van der Waals surface area (Å²) in [7, 11) is 1.26. The molecule has 1 N–H and O–H groups in total. The molecular formula is C10H10O4. The molecule has 0 fully saturated rings. The molecule has 0 aliphatic heterocycles. The number of aryl methyl sites for hydroxylation is 1. The minimum absolute atomic E-state index is 0.0796. The predicted octanol–water partition coefficient (Wildman–Crippen LogP) is 1.48. The van der Waals surface area contributed by atoms with Gasteiger partial charge in [0.25, 0.3) is 0 Å². The van der Waals surface area contributed by atoms with Crippen LogP contribution in [0, 0.1) is 6.92 Å². The number of ether oxygens (including phenoxy) is 1. The van der Waals surface area contributed by atoms with Crippen molar-refractivity contribution in [3.63, 3.8) is 0 Å². The smallest absolute Gasteiger partial charge is 0.338 e. The van der Waals surface area contributed by atoms with Gasteiger partial charge in [-0.25, -0.2) is 9.59 Å². The normalized spacial score (nSPS) is 9.57. The van der Waals surface area contributed by atoms with Crippen molar-refractivity contribution in [3.05, 3.63) is 34.9 Å². The minimum atomic E-state index is -1.06. The lowest BCUT2D eigenvalue weighted by Crippen LogP contribution is -2.06. The maximum atomic E-state index is 11.2. The summed E-state index contributed by atoms with van der Waals surface area (Å²) in [4.78, 5) is 21.8. The number of methoxy groups -OCH3 is 1. The van der Waals surface area contributed by atoms with E-state index in [4.69, 9.17) is 5.11 Å². The van der Waals surface area contributed by atoms with Gasteiger partial charge in [-0.05, 0) is 24.6 Å². The molecule has 4 heteroatoms. The number of benzene rings is 1. The molecule has 14 heavy (non-hydrogen) atoms. The van der Waals surface area contributed by atoms with Crippen molar-refractivity contribution < 1.29 is 19.4 Å². The van der Waals surface area contributed by atoms with Crippen LogP contribution in [-0.2, 0) is 4.74 Å². The number of carboxylic acids is 1. The highest BCUT2D eigenvalue weighted by molar-refractivity contribution is 5.95. The standard InChI is InChI=1S/C10H10O4/c1-6-3-4-7(9(11)12)5-8(6)10(13)14-2/h3-5H,1-2H3,(H,11,12). The van der Waals surface area contributed by atoms with Gasteiger partial charge in [0.15, 0.2) is 0 Å². The quantitative estimate of drug-likeness (QED) is 0.724. The van der Waals surface area contributed by atoms with E-state index in [1.807, 2.05) is 0 Å². The Kier molecular flexibility index (Phi) is 2.86. The lowest BCUT2D eigenvalue weighted by molar-refractivity contribution is 0.0600. The van der Waals surface area contributed by atoms with Crippen LogP contribution in [-0.4, -0.2) is 24.2 Å². The summed E-state index contributed by atoms with van der Waals surface area (Å²) >= 11 is 0. The molecule has 1 aromatic carbocycles. The van der Waals surface area contributed by atoms with E-state index in [9.17, 15) is 9.59 Å². The molecule has 4 nitrogen and oxygen atoms in total. The summed E-state index contributed by atoms with van der Waals surface area (Å²) in [5.74, 6) is -1.58. The molecule has 1 rings (SSSR count). The fourth-order valence-corrected chi connectivity index (χ4v) is 1.08. The molecular weight excluding hydrogens is 184 g/mol. The third-order valence-corrected chi connectivity index (χ3v) is 1.89. The maximum absolute atomic E-state index is 11.2. The third kappa shape index (κ3) is 1.90. The van der Waals surface area contributed by atoms with E-state index in [0.29, 0.717) is 5.56 Å². The van der Waals surface area contributed by atoms with Crippen LogP contribution >= 0.6 is 0 Å². The van der Waals surface area contributed by atoms with Crippen LogP contribution in [0.15, 0.2) is 18.2 Å². The van der Waals surface area contributed by atoms with Gasteiger partial charge in [-0.3, -0.25) is 0 Å². The molecule has 0 amide bonds. The van der Waals surface area contributed by atoms with Crippen LogP contribution in [0.2, 0.25) is 0 Å². The minimum Gasteiger partial charge on any atom is -0.478 e. The van der Waals surface area contributed by atoms with Crippen molar-refractivity contribution in [3.8, 4) is 0 Å². The molecule has 0 aromatic heterocycles. The molecule has 0 unspecified atom stereocenters. The van der Waals surface area contributed by atoms with Crippen LogP contribution in [0.4, 0.5) is 0 Å². The second-order valence-corrected chi connectivity index (χ2v) is 2.83. The van der Waals surface area contributed by atoms with Gasteiger partial charge in [0.05, 0.1) is 18.2 Å². The van der Waals surface area contributed by atoms with E-state index in [-0.39, 0.29) is 11.1 Å². The molecule has 0 atom stereocenters. The molecule has 0 saturated heterocycles. The van der Waals surface area contributed by atoms with Crippen LogP contribution in [0.5, 0.6) is 0 Å². The van der Waals surface area contributed by atoms with E-state index in [1.165, 1.54) is 19.2 Å². The highest BCUT2D eigenvalue weighted by Crippen LogP contribution is 2.12. The molecule has 74 valence electrons. The van der Waals surface area contributed by atoms with Gasteiger partial charge in [0.1, 0.15) is 0 Å².